The van der Waals surface area contributed by atoms with E-state index in [1.807, 2.05) is 11.4 Å². The molecule has 1 saturated carbocycles. The summed E-state index contributed by atoms with van der Waals surface area (Å²) in [5, 5.41) is 14.2. The smallest absolute Gasteiger partial charge is 0.220 e. The van der Waals surface area contributed by atoms with E-state index in [1.54, 1.807) is 6.07 Å². The lowest BCUT2D eigenvalue weighted by Crippen LogP contribution is -2.38. The zero-order chi connectivity index (χ0) is 13.7. The van der Waals surface area contributed by atoms with E-state index >= 15 is 0 Å². The van der Waals surface area contributed by atoms with Gasteiger partial charge in [0.2, 0.25) is 5.91 Å². The van der Waals surface area contributed by atoms with Crippen LogP contribution in [0, 0.1) is 0 Å². The van der Waals surface area contributed by atoms with Crippen molar-refractivity contribution in [2.45, 2.75) is 50.7 Å². The number of aliphatic hydroxyl groups excluding tert-OH is 1. The molecule has 2 N–H and O–H groups in total. The van der Waals surface area contributed by atoms with Gasteiger partial charge in [-0.15, -0.1) is 11.3 Å². The zero-order valence-electron chi connectivity index (χ0n) is 10.8. The number of ketones is 1. The summed E-state index contributed by atoms with van der Waals surface area (Å²) in [6.45, 7) is 0. The molecule has 0 aromatic carbocycles. The predicted octanol–water partition coefficient (Wildman–Crippen LogP) is 2.13. The number of amides is 1. The molecule has 2 rings (SSSR count). The van der Waals surface area contributed by atoms with Crippen LogP contribution in [0.15, 0.2) is 17.5 Å². The Morgan fingerprint density at radius 3 is 2.63 bits per heavy atom. The van der Waals surface area contributed by atoms with E-state index in [9.17, 15) is 14.7 Å². The summed E-state index contributed by atoms with van der Waals surface area (Å²) in [6, 6.07) is 3.78. The summed E-state index contributed by atoms with van der Waals surface area (Å²) < 4.78 is 0. The van der Waals surface area contributed by atoms with E-state index in [0.717, 1.165) is 25.7 Å². The Morgan fingerprint density at radius 2 is 2.00 bits per heavy atom. The third-order valence-corrected chi connectivity index (χ3v) is 4.35. The number of nitrogens with one attached hydrogen (secondary N) is 1. The van der Waals surface area contributed by atoms with Gasteiger partial charge in [-0.1, -0.05) is 6.07 Å². The molecule has 0 spiro atoms. The minimum Gasteiger partial charge on any atom is -0.393 e. The van der Waals surface area contributed by atoms with Gasteiger partial charge in [-0.05, 0) is 37.1 Å². The number of rotatable bonds is 5. The molecule has 1 aromatic rings. The first-order valence-corrected chi connectivity index (χ1v) is 7.57. The highest BCUT2D eigenvalue weighted by atomic mass is 32.1. The molecule has 0 unspecified atom stereocenters. The van der Waals surface area contributed by atoms with Crippen molar-refractivity contribution in [3.63, 3.8) is 0 Å². The zero-order valence-corrected chi connectivity index (χ0v) is 11.6. The monoisotopic (exact) mass is 281 g/mol. The summed E-state index contributed by atoms with van der Waals surface area (Å²) in [4.78, 5) is 24.2. The lowest BCUT2D eigenvalue weighted by molar-refractivity contribution is -0.122. The van der Waals surface area contributed by atoms with Gasteiger partial charge in [-0.3, -0.25) is 9.59 Å². The van der Waals surface area contributed by atoms with Gasteiger partial charge in [0, 0.05) is 18.9 Å². The fourth-order valence-electron chi connectivity index (χ4n) is 2.31. The van der Waals surface area contributed by atoms with Crippen LogP contribution in [0.5, 0.6) is 0 Å². The lowest BCUT2D eigenvalue weighted by Gasteiger charge is -2.26. The molecule has 0 aliphatic heterocycles. The van der Waals surface area contributed by atoms with Crippen LogP contribution in [0.1, 0.15) is 48.2 Å². The van der Waals surface area contributed by atoms with E-state index in [0.29, 0.717) is 4.88 Å². The molecule has 1 aliphatic rings. The minimum atomic E-state index is -0.214. The molecule has 1 aromatic heterocycles. The van der Waals surface area contributed by atoms with Crippen LogP contribution < -0.4 is 5.32 Å². The van der Waals surface area contributed by atoms with Gasteiger partial charge in [0.15, 0.2) is 5.78 Å². The third kappa shape index (κ3) is 4.44. The fourth-order valence-corrected chi connectivity index (χ4v) is 3.00. The Labute approximate surface area is 116 Å². The molecule has 5 heteroatoms. The summed E-state index contributed by atoms with van der Waals surface area (Å²) in [5.41, 5.74) is 0. The second-order valence-electron chi connectivity index (χ2n) is 4.97. The van der Waals surface area contributed by atoms with Crippen molar-refractivity contribution in [1.82, 2.24) is 5.32 Å². The summed E-state index contributed by atoms with van der Waals surface area (Å²) in [5.74, 6) is -0.0319. The molecule has 0 atom stereocenters. The van der Waals surface area contributed by atoms with Gasteiger partial charge in [0.25, 0.3) is 0 Å². The molecule has 1 fully saturated rings. The quantitative estimate of drug-likeness (QED) is 0.813. The number of thiophene rings is 1. The van der Waals surface area contributed by atoms with E-state index < -0.39 is 0 Å². The first-order chi connectivity index (χ1) is 9.15. The maximum atomic E-state index is 11.7. The standard InChI is InChI=1S/C14H19NO3S/c16-11-5-3-10(4-6-11)15-14(18)8-7-12(17)13-2-1-9-19-13/h1-2,9-11,16H,3-8H2,(H,15,18). The van der Waals surface area contributed by atoms with E-state index in [4.69, 9.17) is 0 Å². The molecular weight excluding hydrogens is 262 g/mol. The molecule has 0 saturated heterocycles. The lowest BCUT2D eigenvalue weighted by atomic mass is 9.93. The molecule has 1 heterocycles. The van der Waals surface area contributed by atoms with Crippen LogP contribution in [0.25, 0.3) is 0 Å². The molecule has 1 amide bonds. The van der Waals surface area contributed by atoms with Crippen LogP contribution >= 0.6 is 11.3 Å². The van der Waals surface area contributed by atoms with Gasteiger partial charge in [0.05, 0.1) is 11.0 Å². The second-order valence-corrected chi connectivity index (χ2v) is 5.92. The molecule has 0 radical (unpaired) electrons. The number of aliphatic hydroxyl groups is 1. The SMILES string of the molecule is O=C(CCC(=O)c1cccs1)NC1CCC(O)CC1. The number of Topliss-reactive ketones (excluding diaryl/α,β-unsaturated/α-hetero) is 1. The van der Waals surface area contributed by atoms with Crippen molar-refractivity contribution in [2.24, 2.45) is 0 Å². The average Bonchev–Trinajstić information content (AvgIpc) is 2.93. The largest absolute Gasteiger partial charge is 0.393 e. The van der Waals surface area contributed by atoms with Crippen molar-refractivity contribution < 1.29 is 14.7 Å². The van der Waals surface area contributed by atoms with Crippen molar-refractivity contribution in [2.75, 3.05) is 0 Å². The average molecular weight is 281 g/mol. The Hall–Kier alpha value is -1.20. The van der Waals surface area contributed by atoms with Crippen molar-refractivity contribution in [3.8, 4) is 0 Å². The Morgan fingerprint density at radius 1 is 1.26 bits per heavy atom. The Kier molecular flexibility index (Phi) is 5.10. The van der Waals surface area contributed by atoms with Crippen molar-refractivity contribution in [1.29, 1.82) is 0 Å². The number of carbonyl (C=O) groups is 2. The van der Waals surface area contributed by atoms with Crippen molar-refractivity contribution >= 4 is 23.0 Å². The van der Waals surface area contributed by atoms with Crippen LogP contribution in [0.4, 0.5) is 0 Å². The van der Waals surface area contributed by atoms with Crippen LogP contribution in [-0.4, -0.2) is 28.9 Å². The first-order valence-electron chi connectivity index (χ1n) is 6.69. The molecular formula is C14H19NO3S. The van der Waals surface area contributed by atoms with Crippen LogP contribution in [0.2, 0.25) is 0 Å². The molecule has 104 valence electrons. The maximum Gasteiger partial charge on any atom is 0.220 e. The molecule has 0 bridgehead atoms. The minimum absolute atomic E-state index is 0.0317. The highest BCUT2D eigenvalue weighted by Gasteiger charge is 2.21. The van der Waals surface area contributed by atoms with Gasteiger partial charge < -0.3 is 10.4 Å². The Balaban J connectivity index is 1.69. The first kappa shape index (κ1) is 14.2. The van der Waals surface area contributed by atoms with E-state index in [2.05, 4.69) is 5.32 Å². The third-order valence-electron chi connectivity index (χ3n) is 3.44. The maximum absolute atomic E-state index is 11.7. The number of hydrogen-bond acceptors (Lipinski definition) is 4. The molecule has 1 aliphatic carbocycles. The van der Waals surface area contributed by atoms with Crippen molar-refractivity contribution in [3.05, 3.63) is 22.4 Å². The van der Waals surface area contributed by atoms with E-state index in [-0.39, 0.29) is 36.7 Å². The normalized spacial score (nSPS) is 23.0. The fraction of sp³-hybridized carbons (Fsp3) is 0.571. The molecule has 4 nitrogen and oxygen atoms in total. The van der Waals surface area contributed by atoms with Gasteiger partial charge in [0.1, 0.15) is 0 Å². The van der Waals surface area contributed by atoms with E-state index in [1.165, 1.54) is 11.3 Å². The summed E-state index contributed by atoms with van der Waals surface area (Å²) in [7, 11) is 0. The van der Waals surface area contributed by atoms with Crippen LogP contribution in [0.3, 0.4) is 0 Å². The van der Waals surface area contributed by atoms with Gasteiger partial charge in [-0.2, -0.15) is 0 Å². The summed E-state index contributed by atoms with van der Waals surface area (Å²) >= 11 is 1.41. The van der Waals surface area contributed by atoms with Crippen LogP contribution in [-0.2, 0) is 4.79 Å². The highest BCUT2D eigenvalue weighted by Crippen LogP contribution is 2.18. The summed E-state index contributed by atoms with van der Waals surface area (Å²) in [6.07, 6.45) is 3.45. The van der Waals surface area contributed by atoms with Gasteiger partial charge in [-0.25, -0.2) is 0 Å². The molecule has 19 heavy (non-hydrogen) atoms. The van der Waals surface area contributed by atoms with Gasteiger partial charge >= 0.3 is 0 Å². The number of carbonyl (C=O) groups excluding carboxylic acids is 2. The topological polar surface area (TPSA) is 66.4 Å². The predicted molar refractivity (Wildman–Crippen MR) is 74.3 cm³/mol. The second kappa shape index (κ2) is 6.82. The Bertz CT molecular complexity index is 422. The number of hydrogen-bond donors (Lipinski definition) is 2. The highest BCUT2D eigenvalue weighted by molar-refractivity contribution is 7.12.